The zero-order valence-corrected chi connectivity index (χ0v) is 6.98. The molecule has 0 amide bonds. The number of aliphatic imine (C=N–C) groups is 1. The van der Waals surface area contributed by atoms with Gasteiger partial charge in [-0.2, -0.15) is 0 Å². The summed E-state index contributed by atoms with van der Waals surface area (Å²) in [5, 5.41) is 3.26. The summed E-state index contributed by atoms with van der Waals surface area (Å²) in [6.45, 7) is 3.81. The molecule has 0 aromatic heterocycles. The molecule has 0 spiro atoms. The second-order valence-electron chi connectivity index (χ2n) is 2.54. The second kappa shape index (κ2) is 4.79. The molecule has 60 valence electrons. The Morgan fingerprint density at radius 1 is 1.64 bits per heavy atom. The monoisotopic (exact) mass is 150 g/mol. The zero-order chi connectivity index (χ0) is 7.94. The summed E-state index contributed by atoms with van der Waals surface area (Å²) in [4.78, 5) is 4.29. The third-order valence-corrected chi connectivity index (χ3v) is 1.63. The highest BCUT2D eigenvalue weighted by atomic mass is 15.0. The van der Waals surface area contributed by atoms with Crippen molar-refractivity contribution < 1.29 is 0 Å². The molecule has 0 saturated carbocycles. The number of nitrogens with one attached hydrogen (secondary N) is 1. The van der Waals surface area contributed by atoms with Crippen molar-refractivity contribution in [1.29, 1.82) is 0 Å². The van der Waals surface area contributed by atoms with Crippen molar-refractivity contribution in [2.75, 3.05) is 13.1 Å². The molecule has 1 aliphatic heterocycles. The number of amidine groups is 1. The van der Waals surface area contributed by atoms with Crippen LogP contribution in [0, 0.1) is 11.8 Å². The van der Waals surface area contributed by atoms with Crippen molar-refractivity contribution in [2.24, 2.45) is 4.99 Å². The molecule has 0 aromatic rings. The molecule has 0 radical (unpaired) electrons. The van der Waals surface area contributed by atoms with E-state index in [0.717, 1.165) is 25.9 Å². The topological polar surface area (TPSA) is 24.4 Å². The fourth-order valence-electron chi connectivity index (χ4n) is 1.08. The van der Waals surface area contributed by atoms with Gasteiger partial charge >= 0.3 is 0 Å². The van der Waals surface area contributed by atoms with Gasteiger partial charge in [0, 0.05) is 25.9 Å². The molecule has 0 aliphatic carbocycles. The lowest BCUT2D eigenvalue weighted by atomic mass is 10.3. The van der Waals surface area contributed by atoms with Crippen molar-refractivity contribution in [2.45, 2.75) is 26.2 Å². The molecule has 2 nitrogen and oxygen atoms in total. The minimum absolute atomic E-state index is 0.926. The molecule has 0 saturated heterocycles. The normalized spacial score (nSPS) is 15.2. The summed E-state index contributed by atoms with van der Waals surface area (Å²) in [6.07, 6.45) is 3.26. The van der Waals surface area contributed by atoms with Crippen LogP contribution in [0.25, 0.3) is 0 Å². The van der Waals surface area contributed by atoms with Gasteiger partial charge < -0.3 is 5.32 Å². The fourth-order valence-corrected chi connectivity index (χ4v) is 1.08. The minimum atomic E-state index is 0.926. The van der Waals surface area contributed by atoms with Gasteiger partial charge in [-0.05, 0) is 13.3 Å². The van der Waals surface area contributed by atoms with E-state index in [4.69, 9.17) is 0 Å². The van der Waals surface area contributed by atoms with Crippen molar-refractivity contribution >= 4 is 5.84 Å². The van der Waals surface area contributed by atoms with Crippen molar-refractivity contribution in [1.82, 2.24) is 5.32 Å². The van der Waals surface area contributed by atoms with Gasteiger partial charge in [0.15, 0.2) is 0 Å². The average Bonchev–Trinajstić information content (AvgIpc) is 2.50. The molecule has 1 rings (SSSR count). The lowest BCUT2D eigenvalue weighted by Crippen LogP contribution is -2.21. The van der Waals surface area contributed by atoms with Crippen LogP contribution in [0.4, 0.5) is 0 Å². The maximum Gasteiger partial charge on any atom is 0.0964 e. The van der Waals surface area contributed by atoms with Crippen LogP contribution in [-0.2, 0) is 0 Å². The van der Waals surface area contributed by atoms with Crippen LogP contribution >= 0.6 is 0 Å². The Morgan fingerprint density at radius 2 is 2.55 bits per heavy atom. The van der Waals surface area contributed by atoms with E-state index in [-0.39, 0.29) is 0 Å². The van der Waals surface area contributed by atoms with E-state index in [1.165, 1.54) is 12.3 Å². The summed E-state index contributed by atoms with van der Waals surface area (Å²) in [7, 11) is 0. The summed E-state index contributed by atoms with van der Waals surface area (Å²) >= 11 is 0. The lowest BCUT2D eigenvalue weighted by molar-refractivity contribution is 0.882. The number of hydrogen-bond donors (Lipinski definition) is 1. The molecule has 1 aliphatic rings. The summed E-state index contributed by atoms with van der Waals surface area (Å²) < 4.78 is 0. The molecule has 11 heavy (non-hydrogen) atoms. The number of rotatable bonds is 2. The summed E-state index contributed by atoms with van der Waals surface area (Å²) in [5.41, 5.74) is 0. The Morgan fingerprint density at radius 3 is 3.18 bits per heavy atom. The van der Waals surface area contributed by atoms with E-state index in [9.17, 15) is 0 Å². The smallest absolute Gasteiger partial charge is 0.0964 e. The zero-order valence-electron chi connectivity index (χ0n) is 6.98. The molecule has 0 fully saturated rings. The van der Waals surface area contributed by atoms with E-state index in [1.807, 2.05) is 6.92 Å². The third-order valence-electron chi connectivity index (χ3n) is 1.63. The van der Waals surface area contributed by atoms with Gasteiger partial charge in [0.05, 0.1) is 5.84 Å². The second-order valence-corrected chi connectivity index (χ2v) is 2.54. The van der Waals surface area contributed by atoms with E-state index in [0.29, 0.717) is 0 Å². The average molecular weight is 150 g/mol. The van der Waals surface area contributed by atoms with Crippen LogP contribution in [-0.4, -0.2) is 18.9 Å². The highest BCUT2D eigenvalue weighted by molar-refractivity contribution is 5.83. The summed E-state index contributed by atoms with van der Waals surface area (Å²) in [6, 6.07) is 0. The van der Waals surface area contributed by atoms with Crippen LogP contribution in [0.2, 0.25) is 0 Å². The first-order chi connectivity index (χ1) is 5.43. The predicted octanol–water partition coefficient (Wildman–Crippen LogP) is 1.18. The molecule has 0 aromatic carbocycles. The fraction of sp³-hybridized carbons (Fsp3) is 0.667. The Bertz CT molecular complexity index is 195. The van der Waals surface area contributed by atoms with Gasteiger partial charge in [0.2, 0.25) is 0 Å². The van der Waals surface area contributed by atoms with Crippen LogP contribution in [0.15, 0.2) is 4.99 Å². The SMILES string of the molecule is CC#CCCNC1=NCCC1. The molecular formula is C9H14N2. The minimum Gasteiger partial charge on any atom is -0.373 e. The first-order valence-electron chi connectivity index (χ1n) is 4.10. The Kier molecular flexibility index (Phi) is 3.54. The van der Waals surface area contributed by atoms with Gasteiger partial charge in [-0.3, -0.25) is 4.99 Å². The maximum atomic E-state index is 4.29. The van der Waals surface area contributed by atoms with Crippen LogP contribution in [0.3, 0.4) is 0 Å². The Labute approximate surface area is 68.1 Å². The van der Waals surface area contributed by atoms with E-state index < -0.39 is 0 Å². The summed E-state index contributed by atoms with van der Waals surface area (Å²) in [5.74, 6) is 7.04. The Hall–Kier alpha value is -0.970. The van der Waals surface area contributed by atoms with Crippen LogP contribution < -0.4 is 5.32 Å². The van der Waals surface area contributed by atoms with Crippen molar-refractivity contribution in [3.05, 3.63) is 0 Å². The molecule has 1 heterocycles. The lowest BCUT2D eigenvalue weighted by Gasteiger charge is -2.00. The van der Waals surface area contributed by atoms with E-state index in [2.05, 4.69) is 22.2 Å². The van der Waals surface area contributed by atoms with E-state index >= 15 is 0 Å². The molecule has 0 atom stereocenters. The van der Waals surface area contributed by atoms with Gasteiger partial charge in [0.25, 0.3) is 0 Å². The standard InChI is InChI=1S/C9H14N2/c1-2-3-4-7-10-9-6-5-8-11-9/h4-8H2,1H3,(H,10,11). The highest BCUT2D eigenvalue weighted by Crippen LogP contribution is 2.00. The van der Waals surface area contributed by atoms with E-state index in [1.54, 1.807) is 0 Å². The molecule has 0 bridgehead atoms. The van der Waals surface area contributed by atoms with Gasteiger partial charge in [0.1, 0.15) is 0 Å². The molecular weight excluding hydrogens is 136 g/mol. The van der Waals surface area contributed by atoms with Gasteiger partial charge in [-0.1, -0.05) is 0 Å². The predicted molar refractivity (Wildman–Crippen MR) is 47.6 cm³/mol. The largest absolute Gasteiger partial charge is 0.373 e. The molecule has 1 N–H and O–H groups in total. The highest BCUT2D eigenvalue weighted by Gasteiger charge is 2.03. The third kappa shape index (κ3) is 3.08. The van der Waals surface area contributed by atoms with Crippen molar-refractivity contribution in [3.8, 4) is 11.8 Å². The first kappa shape index (κ1) is 8.13. The quantitative estimate of drug-likeness (QED) is 0.464. The number of hydrogen-bond acceptors (Lipinski definition) is 2. The Balaban J connectivity index is 2.05. The van der Waals surface area contributed by atoms with Gasteiger partial charge in [-0.15, -0.1) is 11.8 Å². The maximum absolute atomic E-state index is 4.29. The van der Waals surface area contributed by atoms with Gasteiger partial charge in [-0.25, -0.2) is 0 Å². The van der Waals surface area contributed by atoms with Crippen LogP contribution in [0.1, 0.15) is 26.2 Å². The van der Waals surface area contributed by atoms with Crippen molar-refractivity contribution in [3.63, 3.8) is 0 Å². The first-order valence-corrected chi connectivity index (χ1v) is 4.10. The number of nitrogens with zero attached hydrogens (tertiary/aromatic N) is 1. The molecule has 2 heteroatoms. The molecule has 0 unspecified atom stereocenters. The van der Waals surface area contributed by atoms with Crippen LogP contribution in [0.5, 0.6) is 0 Å².